The minimum Gasteiger partial charge on any atom is -0.301 e. The van der Waals surface area contributed by atoms with Gasteiger partial charge in [-0.05, 0) is 19.1 Å². The molecule has 0 saturated heterocycles. The first-order valence-electron chi connectivity index (χ1n) is 4.51. The maximum atomic E-state index is 11.2. The second-order valence-corrected chi connectivity index (χ2v) is 4.56. The summed E-state index contributed by atoms with van der Waals surface area (Å²) in [5, 5.41) is 0.965. The topological polar surface area (TPSA) is 58.6 Å². The Kier molecular flexibility index (Phi) is 3.26. The van der Waals surface area contributed by atoms with Gasteiger partial charge in [0.1, 0.15) is 5.15 Å². The first kappa shape index (κ1) is 11.2. The number of pyridine rings is 1. The van der Waals surface area contributed by atoms with Gasteiger partial charge < -0.3 is 4.98 Å². The van der Waals surface area contributed by atoms with Gasteiger partial charge in [-0.1, -0.05) is 23.4 Å². The molecule has 4 nitrogen and oxygen atoms in total. The maximum absolute atomic E-state index is 11.2. The molecule has 0 aliphatic rings. The van der Waals surface area contributed by atoms with Crippen molar-refractivity contribution >= 4 is 23.4 Å². The van der Waals surface area contributed by atoms with E-state index in [0.717, 1.165) is 4.90 Å². The molecular weight excluding hydrogens is 246 g/mol. The Hall–Kier alpha value is -1.33. The van der Waals surface area contributed by atoms with Gasteiger partial charge in [-0.15, -0.1) is 0 Å². The summed E-state index contributed by atoms with van der Waals surface area (Å²) in [5.41, 5.74) is 0.529. The second kappa shape index (κ2) is 4.67. The predicted molar refractivity (Wildman–Crippen MR) is 63.0 cm³/mol. The highest BCUT2D eigenvalue weighted by Crippen LogP contribution is 2.24. The van der Waals surface area contributed by atoms with E-state index in [1.807, 2.05) is 0 Å². The maximum Gasteiger partial charge on any atom is 0.251 e. The number of aryl methyl sites for hydroxylation is 1. The van der Waals surface area contributed by atoms with Crippen LogP contribution in [0.15, 0.2) is 39.2 Å². The van der Waals surface area contributed by atoms with Gasteiger partial charge in [-0.2, -0.15) is 0 Å². The highest BCUT2D eigenvalue weighted by molar-refractivity contribution is 7.99. The number of nitrogens with zero attached hydrogens (tertiary/aromatic N) is 2. The molecule has 0 aliphatic heterocycles. The van der Waals surface area contributed by atoms with Crippen LogP contribution >= 0.6 is 23.4 Å². The molecule has 0 amide bonds. The summed E-state index contributed by atoms with van der Waals surface area (Å²) < 4.78 is 0. The zero-order chi connectivity index (χ0) is 11.5. The Morgan fingerprint density at radius 2 is 2.25 bits per heavy atom. The van der Waals surface area contributed by atoms with Crippen LogP contribution in [0.1, 0.15) is 5.69 Å². The van der Waals surface area contributed by atoms with Gasteiger partial charge in [-0.3, -0.25) is 4.79 Å². The third kappa shape index (κ3) is 2.84. The Balaban J connectivity index is 2.30. The molecule has 2 aromatic rings. The molecule has 1 N–H and O–H groups in total. The van der Waals surface area contributed by atoms with E-state index in [1.54, 1.807) is 25.3 Å². The quantitative estimate of drug-likeness (QED) is 0.659. The molecule has 16 heavy (non-hydrogen) atoms. The molecule has 0 bridgehead atoms. The van der Waals surface area contributed by atoms with E-state index in [9.17, 15) is 4.79 Å². The van der Waals surface area contributed by atoms with Crippen LogP contribution in [0.25, 0.3) is 0 Å². The van der Waals surface area contributed by atoms with Crippen molar-refractivity contribution in [3.63, 3.8) is 0 Å². The van der Waals surface area contributed by atoms with E-state index in [1.165, 1.54) is 17.8 Å². The van der Waals surface area contributed by atoms with E-state index in [2.05, 4.69) is 15.0 Å². The fraction of sp³-hybridized carbons (Fsp3) is 0.100. The predicted octanol–water partition coefficient (Wildman–Crippen LogP) is 2.28. The molecule has 0 aromatic carbocycles. The van der Waals surface area contributed by atoms with Crippen LogP contribution in [-0.4, -0.2) is 15.0 Å². The Morgan fingerprint density at radius 1 is 1.44 bits per heavy atom. The standard InChI is InChI=1S/C10H8ClN3OS/c1-6-4-9(15)14-10(13-6)16-7-2-3-12-8(11)5-7/h2-5H,1H3,(H,13,14,15). The molecule has 0 fully saturated rings. The van der Waals surface area contributed by atoms with Crippen LogP contribution in [0.4, 0.5) is 0 Å². The largest absolute Gasteiger partial charge is 0.301 e. The van der Waals surface area contributed by atoms with Crippen molar-refractivity contribution in [1.29, 1.82) is 0 Å². The van der Waals surface area contributed by atoms with Crippen molar-refractivity contribution in [2.45, 2.75) is 17.0 Å². The molecular formula is C10H8ClN3OS. The van der Waals surface area contributed by atoms with Crippen LogP contribution in [-0.2, 0) is 0 Å². The van der Waals surface area contributed by atoms with Crippen molar-refractivity contribution in [3.05, 3.63) is 45.6 Å². The van der Waals surface area contributed by atoms with Gasteiger partial charge in [0, 0.05) is 22.9 Å². The lowest BCUT2D eigenvalue weighted by atomic mass is 10.5. The zero-order valence-corrected chi connectivity index (χ0v) is 9.97. The molecule has 0 aliphatic carbocycles. The molecule has 0 radical (unpaired) electrons. The SMILES string of the molecule is Cc1cc(=O)[nH]c(Sc2ccnc(Cl)c2)n1. The molecule has 0 unspecified atom stereocenters. The molecule has 2 rings (SSSR count). The van der Waals surface area contributed by atoms with E-state index in [4.69, 9.17) is 11.6 Å². The van der Waals surface area contributed by atoms with E-state index in [-0.39, 0.29) is 5.56 Å². The van der Waals surface area contributed by atoms with Crippen molar-refractivity contribution in [2.24, 2.45) is 0 Å². The lowest BCUT2D eigenvalue weighted by Crippen LogP contribution is -2.07. The van der Waals surface area contributed by atoms with Gasteiger partial charge in [0.2, 0.25) is 0 Å². The second-order valence-electron chi connectivity index (χ2n) is 3.11. The first-order chi connectivity index (χ1) is 7.63. The summed E-state index contributed by atoms with van der Waals surface area (Å²) in [7, 11) is 0. The molecule has 2 heterocycles. The molecule has 0 atom stereocenters. The minimum atomic E-state index is -0.157. The van der Waals surface area contributed by atoms with Crippen LogP contribution in [0, 0.1) is 6.92 Å². The summed E-state index contributed by atoms with van der Waals surface area (Å²) >= 11 is 7.10. The molecule has 6 heteroatoms. The number of aromatic amines is 1. The normalized spacial score (nSPS) is 10.4. The highest BCUT2D eigenvalue weighted by atomic mass is 35.5. The molecule has 82 valence electrons. The highest BCUT2D eigenvalue weighted by Gasteiger charge is 2.02. The molecule has 0 spiro atoms. The molecule has 0 saturated carbocycles. The molecule has 2 aromatic heterocycles. The third-order valence-corrected chi connectivity index (χ3v) is 2.84. The summed E-state index contributed by atoms with van der Waals surface area (Å²) in [6, 6.07) is 4.97. The summed E-state index contributed by atoms with van der Waals surface area (Å²) in [5.74, 6) is 0. The number of hydrogen-bond acceptors (Lipinski definition) is 4. The van der Waals surface area contributed by atoms with Gasteiger partial charge in [0.25, 0.3) is 5.56 Å². The number of nitrogens with one attached hydrogen (secondary N) is 1. The number of hydrogen-bond donors (Lipinski definition) is 1. The Bertz CT molecular complexity index is 570. The first-order valence-corrected chi connectivity index (χ1v) is 5.70. The Morgan fingerprint density at radius 3 is 2.94 bits per heavy atom. The third-order valence-electron chi connectivity index (χ3n) is 1.76. The van der Waals surface area contributed by atoms with Gasteiger partial charge in [0.15, 0.2) is 5.16 Å². The Labute approximate surface area is 101 Å². The van der Waals surface area contributed by atoms with Crippen molar-refractivity contribution in [3.8, 4) is 0 Å². The van der Waals surface area contributed by atoms with E-state index in [0.29, 0.717) is 16.0 Å². The van der Waals surface area contributed by atoms with Crippen LogP contribution < -0.4 is 5.56 Å². The summed E-state index contributed by atoms with van der Waals surface area (Å²) in [4.78, 5) is 22.8. The smallest absolute Gasteiger partial charge is 0.251 e. The summed E-state index contributed by atoms with van der Waals surface area (Å²) in [6.07, 6.45) is 1.61. The van der Waals surface area contributed by atoms with Crippen LogP contribution in [0.2, 0.25) is 5.15 Å². The number of aromatic nitrogens is 3. The fourth-order valence-electron chi connectivity index (χ4n) is 1.16. The zero-order valence-electron chi connectivity index (χ0n) is 8.40. The fourth-order valence-corrected chi connectivity index (χ4v) is 2.26. The van der Waals surface area contributed by atoms with E-state index < -0.39 is 0 Å². The lowest BCUT2D eigenvalue weighted by Gasteiger charge is -2.01. The van der Waals surface area contributed by atoms with Gasteiger partial charge in [0.05, 0.1) is 0 Å². The number of halogens is 1. The summed E-state index contributed by atoms with van der Waals surface area (Å²) in [6.45, 7) is 1.78. The van der Waals surface area contributed by atoms with Gasteiger partial charge >= 0.3 is 0 Å². The minimum absolute atomic E-state index is 0.157. The van der Waals surface area contributed by atoms with Crippen LogP contribution in [0.3, 0.4) is 0 Å². The van der Waals surface area contributed by atoms with Crippen molar-refractivity contribution in [2.75, 3.05) is 0 Å². The van der Waals surface area contributed by atoms with Crippen molar-refractivity contribution in [1.82, 2.24) is 15.0 Å². The average molecular weight is 254 g/mol. The van der Waals surface area contributed by atoms with Crippen LogP contribution in [0.5, 0.6) is 0 Å². The number of rotatable bonds is 2. The number of H-pyrrole nitrogens is 1. The van der Waals surface area contributed by atoms with E-state index >= 15 is 0 Å². The lowest BCUT2D eigenvalue weighted by molar-refractivity contribution is 0.905. The van der Waals surface area contributed by atoms with Crippen molar-refractivity contribution < 1.29 is 0 Å². The monoisotopic (exact) mass is 253 g/mol. The van der Waals surface area contributed by atoms with Gasteiger partial charge in [-0.25, -0.2) is 9.97 Å². The average Bonchev–Trinajstić information content (AvgIpc) is 2.15.